The van der Waals surface area contributed by atoms with Crippen LogP contribution >= 0.6 is 0 Å². The molecule has 0 aromatic heterocycles. The van der Waals surface area contributed by atoms with Crippen LogP contribution in [0.5, 0.6) is 0 Å². The molecule has 3 aromatic carbocycles. The van der Waals surface area contributed by atoms with Crippen molar-refractivity contribution in [3.05, 3.63) is 107 Å². The van der Waals surface area contributed by atoms with E-state index >= 15 is 0 Å². The normalized spacial score (nSPS) is 25.0. The molecule has 4 heterocycles. The first kappa shape index (κ1) is 24.2. The molecule has 4 aliphatic rings. The molecule has 4 aliphatic heterocycles. The molecule has 3 saturated heterocycles. The van der Waals surface area contributed by atoms with Crippen molar-refractivity contribution in [2.75, 3.05) is 13.1 Å². The van der Waals surface area contributed by atoms with Gasteiger partial charge in [-0.3, -0.25) is 29.5 Å². The smallest absolute Gasteiger partial charge is 0.255 e. The number of nitrogens with one attached hydrogen (secondary N) is 1. The molecule has 2 bridgehead atoms. The van der Waals surface area contributed by atoms with Crippen LogP contribution in [0.15, 0.2) is 78.9 Å². The SMILES string of the molecule is O=C1CCC(N2Cc3cc(CN4C[C@H]5C[C@@H]4CN5C(c4ccccc4)c4ccccc4)ccc3C2=O)C(=O)N1. The standard InChI is InChI=1S/C32H32N4O3/c37-29-14-13-28(31(38)33-29)36-18-24-15-21(11-12-27(24)32(36)39)17-34-19-26-16-25(34)20-35(26)30(22-7-3-1-4-8-22)23-9-5-2-6-10-23/h1-12,15,25-26,28,30H,13-14,16-20H2,(H,33,37,38)/t25-,26-,28?/m1/s1. The third-order valence-electron chi connectivity index (χ3n) is 8.93. The fourth-order valence-electron chi connectivity index (χ4n) is 7.10. The van der Waals surface area contributed by atoms with Gasteiger partial charge in [-0.2, -0.15) is 0 Å². The van der Waals surface area contributed by atoms with Gasteiger partial charge in [-0.05, 0) is 41.2 Å². The highest BCUT2D eigenvalue weighted by Gasteiger charge is 2.46. The summed E-state index contributed by atoms with van der Waals surface area (Å²) in [6.07, 6.45) is 1.83. The molecule has 39 heavy (non-hydrogen) atoms. The van der Waals surface area contributed by atoms with Gasteiger partial charge < -0.3 is 4.90 Å². The summed E-state index contributed by atoms with van der Waals surface area (Å²) in [5.41, 5.74) is 5.53. The Bertz CT molecular complexity index is 1390. The van der Waals surface area contributed by atoms with Crippen molar-refractivity contribution < 1.29 is 14.4 Å². The van der Waals surface area contributed by atoms with Crippen molar-refractivity contribution >= 4 is 17.7 Å². The first-order valence-electron chi connectivity index (χ1n) is 13.9. The lowest BCUT2D eigenvalue weighted by molar-refractivity contribution is -0.136. The van der Waals surface area contributed by atoms with Crippen LogP contribution in [0.1, 0.15) is 57.9 Å². The molecule has 3 amide bonds. The first-order valence-corrected chi connectivity index (χ1v) is 13.9. The van der Waals surface area contributed by atoms with Crippen LogP contribution in [0.3, 0.4) is 0 Å². The third kappa shape index (κ3) is 4.36. The molecule has 1 N–H and O–H groups in total. The van der Waals surface area contributed by atoms with Crippen molar-refractivity contribution in [1.29, 1.82) is 0 Å². The van der Waals surface area contributed by atoms with E-state index in [-0.39, 0.29) is 30.2 Å². The van der Waals surface area contributed by atoms with Gasteiger partial charge in [0.2, 0.25) is 11.8 Å². The monoisotopic (exact) mass is 520 g/mol. The number of likely N-dealkylation sites (tertiary alicyclic amines) is 2. The number of rotatable bonds is 6. The molecule has 198 valence electrons. The van der Waals surface area contributed by atoms with E-state index in [1.807, 2.05) is 6.07 Å². The molecule has 0 radical (unpaired) electrons. The van der Waals surface area contributed by atoms with Crippen LogP contribution in [0.4, 0.5) is 0 Å². The van der Waals surface area contributed by atoms with E-state index in [9.17, 15) is 14.4 Å². The predicted molar refractivity (Wildman–Crippen MR) is 147 cm³/mol. The fraction of sp³-hybridized carbons (Fsp3) is 0.344. The zero-order valence-electron chi connectivity index (χ0n) is 21.8. The van der Waals surface area contributed by atoms with Crippen molar-refractivity contribution in [2.24, 2.45) is 0 Å². The van der Waals surface area contributed by atoms with Gasteiger partial charge in [-0.15, -0.1) is 0 Å². The van der Waals surface area contributed by atoms with Gasteiger partial charge in [-0.25, -0.2) is 0 Å². The Morgan fingerprint density at radius 2 is 1.56 bits per heavy atom. The molecule has 3 aromatic rings. The van der Waals surface area contributed by atoms with Crippen LogP contribution in [0.2, 0.25) is 0 Å². The number of carbonyl (C=O) groups excluding carboxylic acids is 3. The Balaban J connectivity index is 1.05. The van der Waals surface area contributed by atoms with Gasteiger partial charge in [0.05, 0.1) is 6.04 Å². The second-order valence-electron chi connectivity index (χ2n) is 11.3. The quantitative estimate of drug-likeness (QED) is 0.504. The summed E-state index contributed by atoms with van der Waals surface area (Å²) in [5, 5.41) is 2.38. The molecule has 0 saturated carbocycles. The molecule has 7 rings (SSSR count). The number of fused-ring (bicyclic) bond motifs is 3. The zero-order chi connectivity index (χ0) is 26.5. The second-order valence-corrected chi connectivity index (χ2v) is 11.3. The number of nitrogens with zero attached hydrogens (tertiary/aromatic N) is 3. The molecule has 7 nitrogen and oxygen atoms in total. The van der Waals surface area contributed by atoms with Gasteiger partial charge in [0.25, 0.3) is 5.91 Å². The number of piperazine rings is 1. The molecule has 1 unspecified atom stereocenters. The predicted octanol–water partition coefficient (Wildman–Crippen LogP) is 3.50. The van der Waals surface area contributed by atoms with Gasteiger partial charge >= 0.3 is 0 Å². The Kier molecular flexibility index (Phi) is 6.05. The van der Waals surface area contributed by atoms with E-state index in [0.717, 1.165) is 25.2 Å². The summed E-state index contributed by atoms with van der Waals surface area (Å²) in [5.74, 6) is -0.746. The van der Waals surface area contributed by atoms with Gasteiger partial charge in [0, 0.05) is 50.2 Å². The number of hydrogen-bond donors (Lipinski definition) is 1. The maximum absolute atomic E-state index is 13.1. The lowest BCUT2D eigenvalue weighted by Crippen LogP contribution is -2.52. The van der Waals surface area contributed by atoms with E-state index in [4.69, 9.17) is 0 Å². The minimum Gasteiger partial charge on any atom is -0.322 e. The van der Waals surface area contributed by atoms with E-state index in [2.05, 4.69) is 87.9 Å². The zero-order valence-corrected chi connectivity index (χ0v) is 21.8. The van der Waals surface area contributed by atoms with Crippen molar-refractivity contribution in [3.63, 3.8) is 0 Å². The Labute approximate surface area is 228 Å². The summed E-state index contributed by atoms with van der Waals surface area (Å²) in [6, 6.07) is 28.4. The highest BCUT2D eigenvalue weighted by Crippen LogP contribution is 2.40. The topological polar surface area (TPSA) is 73.0 Å². The number of amides is 3. The molecule has 7 heteroatoms. The highest BCUT2D eigenvalue weighted by molar-refractivity contribution is 6.05. The summed E-state index contributed by atoms with van der Waals surface area (Å²) in [7, 11) is 0. The Morgan fingerprint density at radius 3 is 2.21 bits per heavy atom. The molecule has 3 fully saturated rings. The number of hydrogen-bond acceptors (Lipinski definition) is 5. The number of piperidine rings is 1. The van der Waals surface area contributed by atoms with Crippen LogP contribution in [0.25, 0.3) is 0 Å². The lowest BCUT2D eigenvalue weighted by atomic mass is 9.96. The minimum absolute atomic E-state index is 0.116. The second kappa shape index (κ2) is 9.74. The van der Waals surface area contributed by atoms with Crippen LogP contribution in [-0.4, -0.2) is 63.6 Å². The first-order chi connectivity index (χ1) is 19.0. The van der Waals surface area contributed by atoms with Gasteiger partial charge in [-0.1, -0.05) is 72.8 Å². The van der Waals surface area contributed by atoms with Crippen LogP contribution in [-0.2, 0) is 22.7 Å². The average Bonchev–Trinajstić information content (AvgIpc) is 3.63. The van der Waals surface area contributed by atoms with Crippen molar-refractivity contribution in [2.45, 2.75) is 56.5 Å². The maximum Gasteiger partial charge on any atom is 0.255 e. The number of carbonyl (C=O) groups is 3. The summed E-state index contributed by atoms with van der Waals surface area (Å²) < 4.78 is 0. The summed E-state index contributed by atoms with van der Waals surface area (Å²) in [6.45, 7) is 3.34. The number of imide groups is 1. The molecular formula is C32H32N4O3. The summed E-state index contributed by atoms with van der Waals surface area (Å²) in [4.78, 5) is 43.9. The maximum atomic E-state index is 13.1. The van der Waals surface area contributed by atoms with Gasteiger partial charge in [0.15, 0.2) is 0 Å². The van der Waals surface area contributed by atoms with Crippen LogP contribution in [0, 0.1) is 0 Å². The Morgan fingerprint density at radius 1 is 0.846 bits per heavy atom. The average molecular weight is 521 g/mol. The molecule has 0 spiro atoms. The fourth-order valence-corrected chi connectivity index (χ4v) is 7.10. The van der Waals surface area contributed by atoms with E-state index < -0.39 is 6.04 Å². The molecule has 0 aliphatic carbocycles. The van der Waals surface area contributed by atoms with E-state index in [1.165, 1.54) is 23.1 Å². The highest BCUT2D eigenvalue weighted by atomic mass is 16.2. The van der Waals surface area contributed by atoms with Gasteiger partial charge in [0.1, 0.15) is 6.04 Å². The summed E-state index contributed by atoms with van der Waals surface area (Å²) >= 11 is 0. The van der Waals surface area contributed by atoms with Crippen molar-refractivity contribution in [3.8, 4) is 0 Å². The Hall–Kier alpha value is -3.81. The molecular weight excluding hydrogens is 488 g/mol. The van der Waals surface area contributed by atoms with E-state index in [1.54, 1.807) is 4.90 Å². The molecule has 3 atom stereocenters. The lowest BCUT2D eigenvalue weighted by Gasteiger charge is -2.39. The van der Waals surface area contributed by atoms with Crippen LogP contribution < -0.4 is 5.32 Å². The van der Waals surface area contributed by atoms with E-state index in [0.29, 0.717) is 30.6 Å². The third-order valence-corrected chi connectivity index (χ3v) is 8.93. The van der Waals surface area contributed by atoms with Crippen molar-refractivity contribution in [1.82, 2.24) is 20.0 Å². The largest absolute Gasteiger partial charge is 0.322 e. The number of benzene rings is 3. The minimum atomic E-state index is -0.575.